The lowest BCUT2D eigenvalue weighted by Crippen LogP contribution is -2.50. The summed E-state index contributed by atoms with van der Waals surface area (Å²) in [6, 6.07) is 16.5. The summed E-state index contributed by atoms with van der Waals surface area (Å²) in [6.45, 7) is 15.0. The second kappa shape index (κ2) is 19.5. The third-order valence-corrected chi connectivity index (χ3v) is 6.85. The Labute approximate surface area is 225 Å². The van der Waals surface area contributed by atoms with Crippen LogP contribution in [0.25, 0.3) is 0 Å². The number of rotatable bonds is 17. The molecule has 0 aromatic heterocycles. The predicted molar refractivity (Wildman–Crippen MR) is 152 cm³/mol. The largest absolute Gasteiger partial charge is 0.548 e. The number of carbonyl (C=O) groups is 2. The van der Waals surface area contributed by atoms with E-state index in [1.54, 1.807) is 30.3 Å². The monoisotopic (exact) mass is 510 g/mol. The highest BCUT2D eigenvalue weighted by Crippen LogP contribution is 2.16. The van der Waals surface area contributed by atoms with Gasteiger partial charge in [-0.2, -0.15) is 0 Å². The normalized spacial score (nSPS) is 11.8. The van der Waals surface area contributed by atoms with Crippen LogP contribution in [0.5, 0.6) is 0 Å². The fourth-order valence-corrected chi connectivity index (χ4v) is 4.52. The van der Waals surface area contributed by atoms with E-state index in [9.17, 15) is 14.7 Å². The molecule has 0 aliphatic rings. The van der Waals surface area contributed by atoms with E-state index in [2.05, 4.69) is 33.0 Å². The van der Waals surface area contributed by atoms with E-state index in [4.69, 9.17) is 0 Å². The summed E-state index contributed by atoms with van der Waals surface area (Å²) in [6.07, 6.45) is 11.3. The molecule has 37 heavy (non-hydrogen) atoms. The molecule has 0 fully saturated rings. The van der Waals surface area contributed by atoms with Crippen LogP contribution in [0.1, 0.15) is 95.0 Å². The molecule has 0 spiro atoms. The Balaban J connectivity index is 0.000000377. The summed E-state index contributed by atoms with van der Waals surface area (Å²) in [7, 11) is 0. The first kappa shape index (κ1) is 32.4. The Kier molecular flexibility index (Phi) is 17.0. The van der Waals surface area contributed by atoms with Crippen LogP contribution in [0, 0.1) is 0 Å². The summed E-state index contributed by atoms with van der Waals surface area (Å²) in [5.41, 5.74) is 1.25. The fourth-order valence-electron chi connectivity index (χ4n) is 4.52. The van der Waals surface area contributed by atoms with Crippen LogP contribution in [-0.4, -0.2) is 48.6 Å². The van der Waals surface area contributed by atoms with Crippen LogP contribution in [0.3, 0.4) is 0 Å². The van der Waals surface area contributed by atoms with Crippen molar-refractivity contribution in [1.82, 2.24) is 5.32 Å². The van der Waals surface area contributed by atoms with Crippen molar-refractivity contribution < 1.29 is 19.2 Å². The molecule has 0 radical (unpaired) electrons. The van der Waals surface area contributed by atoms with Crippen molar-refractivity contribution in [3.63, 3.8) is 0 Å². The molecule has 0 heterocycles. The minimum atomic E-state index is -1.29. The molecule has 1 N–H and O–H groups in total. The number of nitrogens with zero attached hydrogens (tertiary/aromatic N) is 1. The predicted octanol–water partition coefficient (Wildman–Crippen LogP) is 5.78. The van der Waals surface area contributed by atoms with Crippen molar-refractivity contribution in [3.05, 3.63) is 71.8 Å². The number of benzene rings is 2. The third kappa shape index (κ3) is 13.5. The highest BCUT2D eigenvalue weighted by molar-refractivity contribution is 5.96. The number of carboxylic acid groups (broad SMARTS) is 1. The molecule has 206 valence electrons. The van der Waals surface area contributed by atoms with Gasteiger partial charge >= 0.3 is 0 Å². The van der Waals surface area contributed by atoms with Gasteiger partial charge in [-0.1, -0.05) is 102 Å². The van der Waals surface area contributed by atoms with Gasteiger partial charge in [-0.3, -0.25) is 4.79 Å². The molecule has 2 aromatic carbocycles. The van der Waals surface area contributed by atoms with Gasteiger partial charge in [-0.05, 0) is 49.8 Å². The number of amides is 1. The van der Waals surface area contributed by atoms with Crippen LogP contribution in [0.2, 0.25) is 0 Å². The summed E-state index contributed by atoms with van der Waals surface area (Å²) in [4.78, 5) is 23.1. The number of unbranched alkanes of at least 4 members (excludes halogenated alkanes) is 4. The lowest BCUT2D eigenvalue weighted by molar-refractivity contribution is -0.929. The zero-order valence-electron chi connectivity index (χ0n) is 23.7. The van der Waals surface area contributed by atoms with Gasteiger partial charge in [0, 0.05) is 5.56 Å². The molecule has 2 aromatic rings. The first-order valence-corrected chi connectivity index (χ1v) is 14.4. The van der Waals surface area contributed by atoms with E-state index in [1.165, 1.54) is 82.0 Å². The van der Waals surface area contributed by atoms with E-state index in [-0.39, 0.29) is 6.42 Å². The Hall–Kier alpha value is -2.66. The van der Waals surface area contributed by atoms with E-state index in [0.29, 0.717) is 5.56 Å². The van der Waals surface area contributed by atoms with Crippen LogP contribution >= 0.6 is 0 Å². The zero-order valence-corrected chi connectivity index (χ0v) is 23.7. The van der Waals surface area contributed by atoms with E-state index >= 15 is 0 Å². The van der Waals surface area contributed by atoms with E-state index in [0.717, 1.165) is 5.56 Å². The first-order chi connectivity index (χ1) is 17.9. The molecule has 5 nitrogen and oxygen atoms in total. The number of nitrogens with one attached hydrogen (secondary N) is 1. The summed E-state index contributed by atoms with van der Waals surface area (Å²) >= 11 is 0. The molecule has 0 saturated carbocycles. The standard InChI is InChI=1S/C16H15NO3.C16H36N/c18-15(13-9-5-2-6-10-13)17-14(16(19)20)11-12-7-3-1-4-8-12;1-5-9-13-17(14-10-6-2,15-11-7-3)16-12-8-4/h1-10,14H,11H2,(H,17,18)(H,19,20);5-16H2,1-4H3/q;+1/p-1. The van der Waals surface area contributed by atoms with Gasteiger partial charge in [-0.15, -0.1) is 0 Å². The van der Waals surface area contributed by atoms with Gasteiger partial charge in [0.1, 0.15) is 0 Å². The van der Waals surface area contributed by atoms with Gasteiger partial charge in [0.2, 0.25) is 0 Å². The lowest BCUT2D eigenvalue weighted by atomic mass is 10.1. The maximum absolute atomic E-state index is 11.9. The van der Waals surface area contributed by atoms with Gasteiger partial charge in [0.05, 0.1) is 38.2 Å². The topological polar surface area (TPSA) is 69.2 Å². The third-order valence-electron chi connectivity index (χ3n) is 6.85. The Morgan fingerprint density at radius 1 is 0.703 bits per heavy atom. The molecular weight excluding hydrogens is 460 g/mol. The highest BCUT2D eigenvalue weighted by Gasteiger charge is 2.24. The average molecular weight is 511 g/mol. The minimum absolute atomic E-state index is 0.196. The van der Waals surface area contributed by atoms with Gasteiger partial charge in [0.25, 0.3) is 5.91 Å². The zero-order chi connectivity index (χ0) is 27.4. The number of carboxylic acids is 1. The average Bonchev–Trinajstić information content (AvgIpc) is 2.93. The number of quaternary nitrogens is 1. The number of carbonyl (C=O) groups excluding carboxylic acids is 2. The van der Waals surface area contributed by atoms with Crippen molar-refractivity contribution >= 4 is 11.9 Å². The molecule has 1 amide bonds. The number of hydrogen-bond donors (Lipinski definition) is 1. The number of aliphatic carboxylic acids is 1. The Morgan fingerprint density at radius 3 is 1.49 bits per heavy atom. The molecule has 1 atom stereocenters. The number of hydrogen-bond acceptors (Lipinski definition) is 3. The quantitative estimate of drug-likeness (QED) is 0.274. The van der Waals surface area contributed by atoms with Crippen molar-refractivity contribution in [2.24, 2.45) is 0 Å². The van der Waals surface area contributed by atoms with Gasteiger partial charge in [-0.25, -0.2) is 0 Å². The molecule has 2 rings (SSSR count). The Bertz CT molecular complexity index is 817. The van der Waals surface area contributed by atoms with Crippen LogP contribution < -0.4 is 10.4 Å². The summed E-state index contributed by atoms with van der Waals surface area (Å²) in [5.74, 6) is -1.71. The van der Waals surface area contributed by atoms with E-state index in [1.807, 2.05) is 30.3 Å². The van der Waals surface area contributed by atoms with Gasteiger partial charge < -0.3 is 19.7 Å². The second-order valence-electron chi connectivity index (χ2n) is 10.1. The highest BCUT2D eigenvalue weighted by atomic mass is 16.4. The summed E-state index contributed by atoms with van der Waals surface area (Å²) in [5, 5.41) is 13.6. The Morgan fingerprint density at radius 2 is 1.11 bits per heavy atom. The SMILES string of the molecule is CCCC[N+](CCCC)(CCCC)CCCC.O=C(NC(Cc1ccccc1)C(=O)[O-])c1ccccc1. The van der Waals surface area contributed by atoms with Crippen molar-refractivity contribution in [1.29, 1.82) is 0 Å². The van der Waals surface area contributed by atoms with Crippen molar-refractivity contribution in [2.75, 3.05) is 26.2 Å². The molecular formula is C32H50N2O3. The van der Waals surface area contributed by atoms with E-state index < -0.39 is 17.9 Å². The summed E-state index contributed by atoms with van der Waals surface area (Å²) < 4.78 is 1.42. The van der Waals surface area contributed by atoms with Crippen molar-refractivity contribution in [3.8, 4) is 0 Å². The molecule has 0 saturated heterocycles. The van der Waals surface area contributed by atoms with Crippen LogP contribution in [0.4, 0.5) is 0 Å². The molecule has 0 aliphatic carbocycles. The molecule has 0 aliphatic heterocycles. The van der Waals surface area contributed by atoms with Crippen LogP contribution in [0.15, 0.2) is 60.7 Å². The maximum atomic E-state index is 11.9. The molecule has 5 heteroatoms. The fraction of sp³-hybridized carbons (Fsp3) is 0.562. The van der Waals surface area contributed by atoms with Crippen molar-refractivity contribution in [2.45, 2.75) is 91.5 Å². The first-order valence-electron chi connectivity index (χ1n) is 14.4. The lowest BCUT2D eigenvalue weighted by Gasteiger charge is -2.39. The smallest absolute Gasteiger partial charge is 0.251 e. The van der Waals surface area contributed by atoms with Gasteiger partial charge in [0.15, 0.2) is 0 Å². The van der Waals surface area contributed by atoms with Crippen LogP contribution in [-0.2, 0) is 11.2 Å². The molecule has 0 bridgehead atoms. The molecule has 1 unspecified atom stereocenters. The second-order valence-corrected chi connectivity index (χ2v) is 10.1. The minimum Gasteiger partial charge on any atom is -0.548 e. The maximum Gasteiger partial charge on any atom is 0.251 e.